The van der Waals surface area contributed by atoms with Crippen molar-refractivity contribution in [1.82, 2.24) is 0 Å². The topological polar surface area (TPSA) is 0 Å². The van der Waals surface area contributed by atoms with Crippen molar-refractivity contribution in [3.8, 4) is 0 Å². The Labute approximate surface area is 74.4 Å². The van der Waals surface area contributed by atoms with E-state index in [4.69, 9.17) is 0 Å². The molecule has 0 aromatic heterocycles. The zero-order valence-electron chi connectivity index (χ0n) is 9.08. The molecular weight excluding hydrogens is 151 g/mol. The summed E-state index contributed by atoms with van der Waals surface area (Å²) in [5.74, 6) is 0. The maximum atomic E-state index is 3.01. The van der Waals surface area contributed by atoms with Gasteiger partial charge in [-0.3, -0.25) is 0 Å². The van der Waals surface area contributed by atoms with E-state index in [2.05, 4.69) is 57.7 Å². The van der Waals surface area contributed by atoms with Crippen molar-refractivity contribution in [2.24, 2.45) is 10.8 Å². The largest absolute Gasteiger partial charge is 0.130 e. The van der Waals surface area contributed by atoms with Gasteiger partial charge in [-0.05, 0) is 16.0 Å². The molecule has 68 valence electrons. The molecule has 0 N–H and O–H groups in total. The summed E-state index contributed by atoms with van der Waals surface area (Å²) in [7, 11) is 3.01. The second-order valence-electron chi connectivity index (χ2n) is 5.70. The minimum atomic E-state index is 0.292. The first-order valence-corrected chi connectivity index (χ1v) is 4.87. The lowest BCUT2D eigenvalue weighted by molar-refractivity contribution is 0.157. The molecule has 0 aliphatic rings. The van der Waals surface area contributed by atoms with Crippen molar-refractivity contribution >= 4 is 9.24 Å². The highest BCUT2D eigenvalue weighted by molar-refractivity contribution is 7.19. The van der Waals surface area contributed by atoms with Gasteiger partial charge in [0.15, 0.2) is 0 Å². The van der Waals surface area contributed by atoms with Crippen LogP contribution in [-0.2, 0) is 0 Å². The Bertz CT molecular complexity index is 116. The second-order valence-corrected chi connectivity index (χ2v) is 6.86. The summed E-state index contributed by atoms with van der Waals surface area (Å²) in [5.41, 5.74) is 0.686. The lowest BCUT2D eigenvalue weighted by atomic mass is 9.67. The summed E-state index contributed by atoms with van der Waals surface area (Å²) in [5, 5.41) is 0.292. The van der Waals surface area contributed by atoms with Gasteiger partial charge in [-0.1, -0.05) is 48.5 Å². The molecule has 0 aromatic rings. The van der Waals surface area contributed by atoms with Crippen molar-refractivity contribution in [1.29, 1.82) is 0 Å². The van der Waals surface area contributed by atoms with Gasteiger partial charge in [0.25, 0.3) is 0 Å². The predicted molar refractivity (Wildman–Crippen MR) is 57.0 cm³/mol. The van der Waals surface area contributed by atoms with Crippen LogP contribution in [0.4, 0.5) is 0 Å². The van der Waals surface area contributed by atoms with Crippen LogP contribution in [0, 0.1) is 10.8 Å². The number of hydrogen-bond donors (Lipinski definition) is 0. The first-order valence-electron chi connectivity index (χ1n) is 4.29. The fourth-order valence-corrected chi connectivity index (χ4v) is 1.12. The summed E-state index contributed by atoms with van der Waals surface area (Å²) in [6.07, 6.45) is 0. The number of rotatable bonds is 0. The zero-order chi connectivity index (χ0) is 9.50. The van der Waals surface area contributed by atoms with Crippen LogP contribution < -0.4 is 0 Å². The van der Waals surface area contributed by atoms with Gasteiger partial charge in [-0.2, -0.15) is 0 Å². The Morgan fingerprint density at radius 2 is 0.818 bits per heavy atom. The molecule has 1 unspecified atom stereocenters. The molecular formula is C10H23P. The fraction of sp³-hybridized carbons (Fsp3) is 1.00. The maximum absolute atomic E-state index is 3.01. The van der Waals surface area contributed by atoms with Gasteiger partial charge in [-0.15, -0.1) is 9.24 Å². The molecule has 0 rings (SSSR count). The molecule has 0 aromatic carbocycles. The smallest absolute Gasteiger partial charge is 0.00817 e. The first kappa shape index (κ1) is 11.4. The zero-order valence-corrected chi connectivity index (χ0v) is 10.2. The molecule has 0 heterocycles. The van der Waals surface area contributed by atoms with E-state index in [1.54, 1.807) is 0 Å². The third kappa shape index (κ3) is 2.18. The van der Waals surface area contributed by atoms with Crippen molar-refractivity contribution in [2.75, 3.05) is 0 Å². The quantitative estimate of drug-likeness (QED) is 0.491. The molecule has 0 nitrogen and oxygen atoms in total. The van der Waals surface area contributed by atoms with Crippen molar-refractivity contribution in [2.45, 2.75) is 53.6 Å². The van der Waals surface area contributed by atoms with Gasteiger partial charge < -0.3 is 0 Å². The van der Waals surface area contributed by atoms with Crippen LogP contribution in [0.1, 0.15) is 48.5 Å². The van der Waals surface area contributed by atoms with E-state index in [1.807, 2.05) is 0 Å². The molecule has 0 saturated carbocycles. The summed E-state index contributed by atoms with van der Waals surface area (Å²) in [4.78, 5) is 0. The highest BCUT2D eigenvalue weighted by Gasteiger charge is 2.42. The molecule has 0 bridgehead atoms. The fourth-order valence-electron chi connectivity index (χ4n) is 1.12. The van der Waals surface area contributed by atoms with E-state index in [1.165, 1.54) is 0 Å². The Hall–Kier alpha value is 0.430. The van der Waals surface area contributed by atoms with E-state index in [-0.39, 0.29) is 0 Å². The van der Waals surface area contributed by atoms with Gasteiger partial charge in [-0.25, -0.2) is 0 Å². The van der Waals surface area contributed by atoms with Crippen molar-refractivity contribution < 1.29 is 0 Å². The molecule has 0 aliphatic carbocycles. The molecule has 1 heteroatoms. The molecule has 0 saturated heterocycles. The van der Waals surface area contributed by atoms with E-state index in [9.17, 15) is 0 Å². The summed E-state index contributed by atoms with van der Waals surface area (Å²) < 4.78 is 0. The highest BCUT2D eigenvalue weighted by Crippen LogP contribution is 2.49. The monoisotopic (exact) mass is 174 g/mol. The van der Waals surface area contributed by atoms with Gasteiger partial charge in [0.2, 0.25) is 0 Å². The minimum Gasteiger partial charge on any atom is -0.130 e. The Morgan fingerprint density at radius 3 is 0.818 bits per heavy atom. The van der Waals surface area contributed by atoms with Gasteiger partial charge in [0.05, 0.1) is 0 Å². The molecule has 1 atom stereocenters. The Kier molecular flexibility index (Phi) is 2.84. The minimum absolute atomic E-state index is 0.292. The lowest BCUT2D eigenvalue weighted by Crippen LogP contribution is -2.44. The van der Waals surface area contributed by atoms with Gasteiger partial charge in [0, 0.05) is 0 Å². The van der Waals surface area contributed by atoms with Crippen molar-refractivity contribution in [3.05, 3.63) is 0 Å². The van der Waals surface area contributed by atoms with Crippen LogP contribution in [0.25, 0.3) is 0 Å². The molecule has 0 aliphatic heterocycles. The molecule has 0 radical (unpaired) electrons. The predicted octanol–water partition coefficient (Wildman–Crippen LogP) is 3.71. The third-order valence-corrected chi connectivity index (χ3v) is 4.85. The average Bonchev–Trinajstić information content (AvgIpc) is 1.58. The van der Waals surface area contributed by atoms with Crippen LogP contribution >= 0.6 is 9.24 Å². The van der Waals surface area contributed by atoms with Crippen LogP contribution in [0.5, 0.6) is 0 Å². The second kappa shape index (κ2) is 2.73. The third-order valence-electron chi connectivity index (χ3n) is 3.12. The normalized spacial score (nSPS) is 15.3. The van der Waals surface area contributed by atoms with Gasteiger partial charge in [0.1, 0.15) is 0 Å². The van der Waals surface area contributed by atoms with E-state index in [0.29, 0.717) is 16.0 Å². The lowest BCUT2D eigenvalue weighted by Gasteiger charge is -2.48. The first-order chi connectivity index (χ1) is 4.50. The molecule has 0 spiro atoms. The Morgan fingerprint density at radius 1 is 0.636 bits per heavy atom. The maximum Gasteiger partial charge on any atom is -0.00817 e. The van der Waals surface area contributed by atoms with Crippen LogP contribution in [-0.4, -0.2) is 5.16 Å². The average molecular weight is 174 g/mol. The molecule has 11 heavy (non-hydrogen) atoms. The summed E-state index contributed by atoms with van der Waals surface area (Å²) in [6, 6.07) is 0. The highest BCUT2D eigenvalue weighted by atomic mass is 31.0. The van der Waals surface area contributed by atoms with E-state index < -0.39 is 0 Å². The van der Waals surface area contributed by atoms with Crippen LogP contribution in [0.15, 0.2) is 0 Å². The Balaban J connectivity index is 4.75. The standard InChI is InChI=1S/C10H23P/c1-8(2,3)10(7,11)9(4,5)6/h11H2,1-7H3. The van der Waals surface area contributed by atoms with E-state index in [0.717, 1.165) is 0 Å². The van der Waals surface area contributed by atoms with Crippen molar-refractivity contribution in [3.63, 3.8) is 0 Å². The van der Waals surface area contributed by atoms with E-state index >= 15 is 0 Å². The summed E-state index contributed by atoms with van der Waals surface area (Å²) in [6.45, 7) is 16.1. The summed E-state index contributed by atoms with van der Waals surface area (Å²) >= 11 is 0. The molecule has 0 fully saturated rings. The SMILES string of the molecule is CC(C)(C)C(C)(P)C(C)(C)C. The van der Waals surface area contributed by atoms with Crippen LogP contribution in [0.3, 0.4) is 0 Å². The molecule has 0 amide bonds. The number of hydrogen-bond acceptors (Lipinski definition) is 0. The van der Waals surface area contributed by atoms with Crippen LogP contribution in [0.2, 0.25) is 0 Å². The van der Waals surface area contributed by atoms with Gasteiger partial charge >= 0.3 is 0 Å².